The van der Waals surface area contributed by atoms with Crippen LogP contribution in [-0.2, 0) is 0 Å². The molecule has 0 N–H and O–H groups in total. The Morgan fingerprint density at radius 2 is 1.82 bits per heavy atom. The third-order valence-corrected chi connectivity index (χ3v) is 1.27. The van der Waals surface area contributed by atoms with Crippen molar-refractivity contribution in [2.75, 3.05) is 0 Å². The fourth-order valence-corrected chi connectivity index (χ4v) is 0.645. The van der Waals surface area contributed by atoms with Gasteiger partial charge in [-0.05, 0) is 13.0 Å². The van der Waals surface area contributed by atoms with Gasteiger partial charge in [0.25, 0.3) is 0 Å². The van der Waals surface area contributed by atoms with Crippen LogP contribution in [0.4, 0.5) is 4.39 Å². The minimum absolute atomic E-state index is 0.248. The lowest BCUT2D eigenvalue weighted by Crippen LogP contribution is -2.11. The van der Waals surface area contributed by atoms with Crippen LogP contribution in [0.2, 0.25) is 0 Å². The van der Waals surface area contributed by atoms with E-state index in [0.29, 0.717) is 0 Å². The number of aryl methyl sites for hydroxylation is 1. The summed E-state index contributed by atoms with van der Waals surface area (Å²) in [4.78, 5) is 0. The highest BCUT2D eigenvalue weighted by Gasteiger charge is 1.95. The third kappa shape index (κ3) is 2.75. The standard InChI is InChI=1S/C7H6BF.C2H6/c1-5-3-2-4-6(9)7(5)8;1-2/h2-4H,1H3;1-2H3. The lowest BCUT2D eigenvalue weighted by atomic mass is 9.91. The zero-order valence-corrected chi connectivity index (χ0v) is 7.19. The molecule has 58 valence electrons. The van der Waals surface area contributed by atoms with Gasteiger partial charge in [0.05, 0.1) is 0 Å². The largest absolute Gasteiger partial charge is 0.208 e. The van der Waals surface area contributed by atoms with E-state index in [1.807, 2.05) is 13.8 Å². The van der Waals surface area contributed by atoms with Crippen LogP contribution in [-0.4, -0.2) is 7.85 Å². The quantitative estimate of drug-likeness (QED) is 0.496. The zero-order valence-electron chi connectivity index (χ0n) is 7.19. The highest BCUT2D eigenvalue weighted by Crippen LogP contribution is 1.95. The van der Waals surface area contributed by atoms with Crippen molar-refractivity contribution in [1.29, 1.82) is 0 Å². The molecule has 0 spiro atoms. The van der Waals surface area contributed by atoms with E-state index in [4.69, 9.17) is 7.85 Å². The normalized spacial score (nSPS) is 8.36. The molecule has 0 saturated heterocycles. The SMILES string of the molecule is CC.[B]c1c(C)cccc1F. The summed E-state index contributed by atoms with van der Waals surface area (Å²) in [5, 5.41) is 0. The van der Waals surface area contributed by atoms with Gasteiger partial charge in [0.2, 0.25) is 0 Å². The first kappa shape index (κ1) is 10.2. The summed E-state index contributed by atoms with van der Waals surface area (Å²) in [6.45, 7) is 5.78. The Kier molecular flexibility index (Phi) is 4.59. The van der Waals surface area contributed by atoms with E-state index in [1.165, 1.54) is 6.07 Å². The van der Waals surface area contributed by atoms with Crippen LogP contribution in [0.5, 0.6) is 0 Å². The number of benzene rings is 1. The average Bonchev–Trinajstić information content (AvgIpc) is 2.04. The molecule has 0 aliphatic heterocycles. The summed E-state index contributed by atoms with van der Waals surface area (Å²) in [5.41, 5.74) is 1.03. The molecule has 0 fully saturated rings. The molecule has 2 heteroatoms. The van der Waals surface area contributed by atoms with Gasteiger partial charge in [0.15, 0.2) is 0 Å². The van der Waals surface area contributed by atoms with E-state index in [2.05, 4.69) is 0 Å². The molecule has 0 amide bonds. The minimum atomic E-state index is -0.338. The van der Waals surface area contributed by atoms with Crippen LogP contribution in [0.1, 0.15) is 19.4 Å². The van der Waals surface area contributed by atoms with Gasteiger partial charge in [-0.25, -0.2) is 4.39 Å². The molecule has 0 aliphatic rings. The number of halogens is 1. The molecular weight excluding hydrogens is 138 g/mol. The number of rotatable bonds is 0. The minimum Gasteiger partial charge on any atom is -0.208 e. The monoisotopic (exact) mass is 150 g/mol. The maximum absolute atomic E-state index is 12.5. The van der Waals surface area contributed by atoms with Gasteiger partial charge < -0.3 is 0 Å². The Labute approximate surface area is 68.8 Å². The molecule has 11 heavy (non-hydrogen) atoms. The van der Waals surface area contributed by atoms with Crippen molar-refractivity contribution in [3.8, 4) is 0 Å². The summed E-state index contributed by atoms with van der Waals surface area (Å²) < 4.78 is 12.5. The van der Waals surface area contributed by atoms with Crippen molar-refractivity contribution in [1.82, 2.24) is 0 Å². The van der Waals surface area contributed by atoms with Crippen LogP contribution in [0, 0.1) is 12.7 Å². The van der Waals surface area contributed by atoms with Crippen LogP contribution < -0.4 is 5.46 Å². The van der Waals surface area contributed by atoms with Gasteiger partial charge in [0, 0.05) is 0 Å². The highest BCUT2D eigenvalue weighted by atomic mass is 19.1. The van der Waals surface area contributed by atoms with Crippen molar-refractivity contribution in [2.45, 2.75) is 20.8 Å². The summed E-state index contributed by atoms with van der Waals surface area (Å²) >= 11 is 0. The summed E-state index contributed by atoms with van der Waals surface area (Å²) in [5.74, 6) is -0.338. The molecule has 0 nitrogen and oxygen atoms in total. The maximum Gasteiger partial charge on any atom is 0.118 e. The predicted molar refractivity (Wildman–Crippen MR) is 47.9 cm³/mol. The van der Waals surface area contributed by atoms with Gasteiger partial charge in [-0.2, -0.15) is 0 Å². The molecule has 1 rings (SSSR count). The summed E-state index contributed by atoms with van der Waals surface area (Å²) in [6.07, 6.45) is 0. The van der Waals surface area contributed by atoms with Crippen LogP contribution >= 0.6 is 0 Å². The molecule has 1 aromatic rings. The van der Waals surface area contributed by atoms with E-state index in [1.54, 1.807) is 19.1 Å². The van der Waals surface area contributed by atoms with Crippen LogP contribution in [0.25, 0.3) is 0 Å². The van der Waals surface area contributed by atoms with Crippen molar-refractivity contribution in [3.63, 3.8) is 0 Å². The molecule has 0 aromatic heterocycles. The second-order valence-corrected chi connectivity index (χ2v) is 1.97. The molecule has 2 radical (unpaired) electrons. The number of hydrogen-bond acceptors (Lipinski definition) is 0. The number of hydrogen-bond donors (Lipinski definition) is 0. The van der Waals surface area contributed by atoms with Crippen LogP contribution in [0.3, 0.4) is 0 Å². The van der Waals surface area contributed by atoms with Crippen molar-refractivity contribution < 1.29 is 4.39 Å². The summed E-state index contributed by atoms with van der Waals surface area (Å²) in [6, 6.07) is 4.77. The topological polar surface area (TPSA) is 0 Å². The molecular formula is C9H12BF. The first-order valence-electron chi connectivity index (χ1n) is 3.72. The van der Waals surface area contributed by atoms with Crippen LogP contribution in [0.15, 0.2) is 18.2 Å². The smallest absolute Gasteiger partial charge is 0.118 e. The fourth-order valence-electron chi connectivity index (χ4n) is 0.645. The lowest BCUT2D eigenvalue weighted by molar-refractivity contribution is 0.635. The fraction of sp³-hybridized carbons (Fsp3) is 0.333. The van der Waals surface area contributed by atoms with E-state index in [-0.39, 0.29) is 11.3 Å². The third-order valence-electron chi connectivity index (χ3n) is 1.27. The Balaban J connectivity index is 0.000000461. The lowest BCUT2D eigenvalue weighted by Gasteiger charge is -1.98. The second-order valence-electron chi connectivity index (χ2n) is 1.97. The van der Waals surface area contributed by atoms with Crippen molar-refractivity contribution >= 4 is 13.3 Å². The molecule has 0 unspecified atom stereocenters. The highest BCUT2D eigenvalue weighted by molar-refractivity contribution is 6.33. The Morgan fingerprint density at radius 1 is 1.27 bits per heavy atom. The molecule has 0 aliphatic carbocycles. The average molecular weight is 150 g/mol. The van der Waals surface area contributed by atoms with Gasteiger partial charge in [0.1, 0.15) is 13.7 Å². The first-order valence-corrected chi connectivity index (χ1v) is 3.72. The molecule has 0 bridgehead atoms. The van der Waals surface area contributed by atoms with Crippen molar-refractivity contribution in [3.05, 3.63) is 29.6 Å². The van der Waals surface area contributed by atoms with E-state index in [9.17, 15) is 4.39 Å². The molecule has 1 aromatic carbocycles. The van der Waals surface area contributed by atoms with E-state index < -0.39 is 0 Å². The molecule has 0 atom stereocenters. The Morgan fingerprint density at radius 3 is 2.18 bits per heavy atom. The maximum atomic E-state index is 12.5. The van der Waals surface area contributed by atoms with Gasteiger partial charge >= 0.3 is 0 Å². The van der Waals surface area contributed by atoms with E-state index >= 15 is 0 Å². The van der Waals surface area contributed by atoms with E-state index in [0.717, 1.165) is 5.56 Å². The summed E-state index contributed by atoms with van der Waals surface area (Å²) in [7, 11) is 5.31. The van der Waals surface area contributed by atoms with Gasteiger partial charge in [-0.15, -0.1) is 0 Å². The first-order chi connectivity index (χ1) is 5.22. The molecule has 0 saturated carbocycles. The van der Waals surface area contributed by atoms with Gasteiger partial charge in [-0.1, -0.05) is 37.0 Å². The van der Waals surface area contributed by atoms with Crippen molar-refractivity contribution in [2.24, 2.45) is 0 Å². The zero-order chi connectivity index (χ0) is 8.85. The second kappa shape index (κ2) is 4.94. The Hall–Kier alpha value is -0.785. The Bertz CT molecular complexity index is 201. The molecule has 0 heterocycles. The predicted octanol–water partition coefficient (Wildman–Crippen LogP) is 1.95. The van der Waals surface area contributed by atoms with Gasteiger partial charge in [-0.3, -0.25) is 0 Å².